The number of H-pyrrole nitrogens is 1. The summed E-state index contributed by atoms with van der Waals surface area (Å²) in [4.78, 5) is 45.5. The van der Waals surface area contributed by atoms with Crippen molar-refractivity contribution in [3.8, 4) is 5.75 Å². The minimum absolute atomic E-state index is 0.0200. The molecule has 2 aliphatic heterocycles. The number of rotatable bonds is 7. The van der Waals surface area contributed by atoms with Crippen LogP contribution in [0.25, 0.3) is 0 Å². The third-order valence-corrected chi connectivity index (χ3v) is 9.70. The molecule has 2 aliphatic rings. The van der Waals surface area contributed by atoms with Gasteiger partial charge in [-0.1, -0.05) is 26.0 Å². The Morgan fingerprint density at radius 3 is 2.49 bits per heavy atom. The summed E-state index contributed by atoms with van der Waals surface area (Å²) in [6.07, 6.45) is -2.45. The minimum Gasteiger partial charge on any atom is -0.497 e. The van der Waals surface area contributed by atoms with E-state index in [2.05, 4.69) is 23.8 Å². The van der Waals surface area contributed by atoms with Crippen LogP contribution in [0.2, 0.25) is 0 Å². The molecule has 0 spiro atoms. The average Bonchev–Trinajstić information content (AvgIpc) is 3.42. The van der Waals surface area contributed by atoms with Crippen LogP contribution in [0.15, 0.2) is 35.1 Å². The van der Waals surface area contributed by atoms with Gasteiger partial charge in [0.25, 0.3) is 5.56 Å². The zero-order valence-corrected chi connectivity index (χ0v) is 29.7. The van der Waals surface area contributed by atoms with E-state index in [1.807, 2.05) is 29.2 Å². The van der Waals surface area contributed by atoms with E-state index < -0.39 is 24.4 Å². The third-order valence-electron chi connectivity index (χ3n) is 9.70. The fraction of sp³-hybridized carbons (Fsp3) is 0.686. The predicted molar refractivity (Wildman–Crippen MR) is 182 cm³/mol. The quantitative estimate of drug-likeness (QED) is 0.387. The van der Waals surface area contributed by atoms with Gasteiger partial charge in [0.15, 0.2) is 0 Å². The summed E-state index contributed by atoms with van der Waals surface area (Å²) in [7, 11) is 4.70. The van der Waals surface area contributed by atoms with Crippen molar-refractivity contribution in [2.75, 3.05) is 73.3 Å². The Bertz CT molecular complexity index is 1410. The SMILES string of the molecule is COc1cccc([C@@H]2[C@@H](C(C)C)CN(C(C)=O)C[C@H](OC)[C@@H](O)[C@@H](O)COCCCCN2C(=O)CN2CCOC(c3cc(=O)n(C)[nH]3)C2)c1. The van der Waals surface area contributed by atoms with Crippen LogP contribution in [0, 0.1) is 11.8 Å². The molecule has 0 bridgehead atoms. The fourth-order valence-corrected chi connectivity index (χ4v) is 6.73. The number of methoxy groups -OCH3 is 2. The van der Waals surface area contributed by atoms with Gasteiger partial charge >= 0.3 is 0 Å². The number of benzene rings is 1. The van der Waals surface area contributed by atoms with Crippen molar-refractivity contribution in [1.82, 2.24) is 24.5 Å². The van der Waals surface area contributed by atoms with Crippen molar-refractivity contribution < 1.29 is 38.7 Å². The topological polar surface area (TPSA) is 159 Å². The van der Waals surface area contributed by atoms with Gasteiger partial charge in [0, 0.05) is 72.4 Å². The second-order valence-corrected chi connectivity index (χ2v) is 13.5. The van der Waals surface area contributed by atoms with Crippen LogP contribution >= 0.6 is 0 Å². The Kier molecular flexibility index (Phi) is 14.2. The molecule has 1 aromatic carbocycles. The summed E-state index contributed by atoms with van der Waals surface area (Å²) in [6, 6.07) is 8.81. The highest BCUT2D eigenvalue weighted by molar-refractivity contribution is 5.79. The van der Waals surface area contributed by atoms with Gasteiger partial charge in [0.2, 0.25) is 11.8 Å². The Morgan fingerprint density at radius 1 is 1.06 bits per heavy atom. The number of aryl methyl sites for hydroxylation is 1. The molecule has 2 fully saturated rings. The van der Waals surface area contributed by atoms with Gasteiger partial charge in [-0.25, -0.2) is 0 Å². The average molecular weight is 690 g/mol. The molecule has 0 saturated carbocycles. The van der Waals surface area contributed by atoms with E-state index in [0.29, 0.717) is 57.1 Å². The first-order valence-electron chi connectivity index (χ1n) is 17.2. The summed E-state index contributed by atoms with van der Waals surface area (Å²) in [5.74, 6) is 0.167. The second kappa shape index (κ2) is 18.1. The molecule has 14 nitrogen and oxygen atoms in total. The molecule has 49 heavy (non-hydrogen) atoms. The third kappa shape index (κ3) is 10.1. The summed E-state index contributed by atoms with van der Waals surface area (Å²) in [6.45, 7) is 8.18. The number of nitrogens with zero attached hydrogens (tertiary/aromatic N) is 4. The van der Waals surface area contributed by atoms with Crippen LogP contribution in [0.5, 0.6) is 5.75 Å². The highest BCUT2D eigenvalue weighted by Crippen LogP contribution is 2.37. The van der Waals surface area contributed by atoms with Crippen LogP contribution < -0.4 is 10.3 Å². The Hall–Kier alpha value is -3.27. The van der Waals surface area contributed by atoms with Gasteiger partial charge in [-0.2, -0.15) is 0 Å². The molecule has 14 heteroatoms. The number of hydrogen-bond donors (Lipinski definition) is 3. The maximum atomic E-state index is 14.6. The molecule has 3 heterocycles. The van der Waals surface area contributed by atoms with Gasteiger partial charge in [0.05, 0.1) is 38.6 Å². The highest BCUT2D eigenvalue weighted by Gasteiger charge is 2.38. The summed E-state index contributed by atoms with van der Waals surface area (Å²) in [5.41, 5.74) is 1.40. The first kappa shape index (κ1) is 38.5. The van der Waals surface area contributed by atoms with Crippen molar-refractivity contribution in [2.24, 2.45) is 18.9 Å². The molecule has 274 valence electrons. The normalized spacial score (nSPS) is 27.0. The number of aliphatic hydroxyl groups is 2. The molecule has 6 atom stereocenters. The molecule has 2 aromatic rings. The van der Waals surface area contributed by atoms with Crippen molar-refractivity contribution >= 4 is 11.8 Å². The Morgan fingerprint density at radius 2 is 1.84 bits per heavy atom. The van der Waals surface area contributed by atoms with Gasteiger partial charge in [0.1, 0.15) is 30.2 Å². The van der Waals surface area contributed by atoms with E-state index in [0.717, 1.165) is 5.56 Å². The molecule has 1 unspecified atom stereocenters. The van der Waals surface area contributed by atoms with Crippen LogP contribution in [-0.2, 0) is 30.8 Å². The molecule has 0 radical (unpaired) electrons. The number of carbonyl (C=O) groups is 2. The molecule has 1 aromatic heterocycles. The van der Waals surface area contributed by atoms with Crippen molar-refractivity contribution in [3.05, 3.63) is 51.9 Å². The first-order valence-corrected chi connectivity index (χ1v) is 17.2. The molecule has 0 aliphatic carbocycles. The van der Waals surface area contributed by atoms with E-state index in [1.165, 1.54) is 24.8 Å². The fourth-order valence-electron chi connectivity index (χ4n) is 6.73. The van der Waals surface area contributed by atoms with Crippen molar-refractivity contribution in [3.63, 3.8) is 0 Å². The second-order valence-electron chi connectivity index (χ2n) is 13.5. The lowest BCUT2D eigenvalue weighted by Gasteiger charge is -2.43. The van der Waals surface area contributed by atoms with Crippen LogP contribution in [-0.4, -0.2) is 138 Å². The van der Waals surface area contributed by atoms with Crippen molar-refractivity contribution in [2.45, 2.75) is 64.1 Å². The lowest BCUT2D eigenvalue weighted by molar-refractivity contribution is -0.141. The molecular weight excluding hydrogens is 634 g/mol. The first-order chi connectivity index (χ1) is 23.4. The predicted octanol–water partition coefficient (Wildman–Crippen LogP) is 1.33. The molecule has 2 saturated heterocycles. The molecule has 3 N–H and O–H groups in total. The number of morpholine rings is 1. The smallest absolute Gasteiger partial charge is 0.266 e. The number of aliphatic hydroxyl groups excluding tert-OH is 2. The van der Waals surface area contributed by atoms with E-state index >= 15 is 0 Å². The maximum absolute atomic E-state index is 14.6. The lowest BCUT2D eigenvalue weighted by Crippen LogP contribution is -2.52. The van der Waals surface area contributed by atoms with Crippen LogP contribution in [0.1, 0.15) is 57.0 Å². The highest BCUT2D eigenvalue weighted by atomic mass is 16.5. The maximum Gasteiger partial charge on any atom is 0.266 e. The van der Waals surface area contributed by atoms with Gasteiger partial charge in [-0.15, -0.1) is 0 Å². The van der Waals surface area contributed by atoms with E-state index in [9.17, 15) is 24.6 Å². The van der Waals surface area contributed by atoms with Crippen LogP contribution in [0.3, 0.4) is 0 Å². The lowest BCUT2D eigenvalue weighted by atomic mass is 9.82. The van der Waals surface area contributed by atoms with Gasteiger partial charge < -0.3 is 39.0 Å². The number of aromatic nitrogens is 2. The number of amides is 2. The molecule has 4 rings (SSSR count). The number of hydrogen-bond acceptors (Lipinski definition) is 10. The monoisotopic (exact) mass is 689 g/mol. The van der Waals surface area contributed by atoms with Crippen molar-refractivity contribution in [1.29, 1.82) is 0 Å². The number of aromatic amines is 1. The molecular formula is C35H55N5O9. The Balaban J connectivity index is 1.72. The van der Waals surface area contributed by atoms with E-state index in [1.54, 1.807) is 19.1 Å². The molecule has 2 amide bonds. The number of ether oxygens (including phenoxy) is 4. The van der Waals surface area contributed by atoms with Crippen LogP contribution in [0.4, 0.5) is 0 Å². The standard InChI is InChI=1S/C35H55N5O9/c1-23(2)27-18-39(24(3)41)20-31(47-6)35(45)29(42)22-48-14-8-7-12-40(34(27)25-10-9-11-26(16-25)46-5)33(44)21-38-13-15-49-30(19-38)28-17-32(43)37(4)36-28/h9-11,16-17,23,27,29-31,34-36,42,45H,7-8,12-15,18-22H2,1-6H3/t27-,29+,30?,31+,34-,35+/m1/s1. The zero-order valence-electron chi connectivity index (χ0n) is 29.7. The summed E-state index contributed by atoms with van der Waals surface area (Å²) in [5, 5.41) is 24.7. The number of nitrogens with one attached hydrogen (secondary N) is 1. The Labute approximate surface area is 288 Å². The summed E-state index contributed by atoms with van der Waals surface area (Å²) >= 11 is 0. The minimum atomic E-state index is -1.27. The number of carbonyl (C=O) groups excluding carboxylic acids is 2. The van der Waals surface area contributed by atoms with Gasteiger partial charge in [-0.05, 0) is 36.5 Å². The van der Waals surface area contributed by atoms with Gasteiger partial charge in [-0.3, -0.25) is 29.1 Å². The largest absolute Gasteiger partial charge is 0.497 e. The van der Waals surface area contributed by atoms with E-state index in [-0.39, 0.29) is 61.6 Å². The van der Waals surface area contributed by atoms with E-state index in [4.69, 9.17) is 18.9 Å². The zero-order chi connectivity index (χ0) is 35.7. The summed E-state index contributed by atoms with van der Waals surface area (Å²) < 4.78 is 24.3.